The highest BCUT2D eigenvalue weighted by Gasteiger charge is 2.43. The summed E-state index contributed by atoms with van der Waals surface area (Å²) < 4.78 is 0. The molecule has 0 aromatic rings. The molecule has 2 rings (SSSR count). The predicted molar refractivity (Wildman–Crippen MR) is 56.7 cm³/mol. The number of hydrogen-bond acceptors (Lipinski definition) is 6. The lowest BCUT2D eigenvalue weighted by atomic mass is 9.92. The average molecular weight is 224 g/mol. The third kappa shape index (κ3) is 1.83. The molecule has 6 heteroatoms. The van der Waals surface area contributed by atoms with Crippen molar-refractivity contribution < 1.29 is 20.4 Å². The van der Waals surface area contributed by atoms with Gasteiger partial charge in [-0.25, -0.2) is 0 Å². The fourth-order valence-electron chi connectivity index (χ4n) is 1.59. The minimum Gasteiger partial charge on any atom is -0.360 e. The molecule has 0 aliphatic carbocycles. The Morgan fingerprint density at radius 3 is 1.50 bits per heavy atom. The van der Waals surface area contributed by atoms with E-state index in [0.29, 0.717) is 0 Å². The summed E-state index contributed by atoms with van der Waals surface area (Å²) in [6, 6.07) is 0. The second-order valence-electron chi connectivity index (χ2n) is 3.77. The molecule has 0 aromatic heterocycles. The molecule has 0 bridgehead atoms. The standard InChI is InChI=1S/C10H12N2O4/c13-9(14)3-1-5-11-7(9)8-10(15,16)4-2-6-12-8/h1-2,5-6,13-16H,3-4H2. The van der Waals surface area contributed by atoms with Crippen LogP contribution in [0.25, 0.3) is 0 Å². The summed E-state index contributed by atoms with van der Waals surface area (Å²) in [7, 11) is 0. The molecule has 0 fully saturated rings. The molecule has 0 aromatic carbocycles. The van der Waals surface area contributed by atoms with Gasteiger partial charge in [0.25, 0.3) is 0 Å². The molecular weight excluding hydrogens is 212 g/mol. The molecule has 0 saturated carbocycles. The third-order valence-electron chi connectivity index (χ3n) is 2.41. The van der Waals surface area contributed by atoms with Gasteiger partial charge in [0.05, 0.1) is 0 Å². The topological polar surface area (TPSA) is 106 Å². The van der Waals surface area contributed by atoms with Crippen LogP contribution in [0.15, 0.2) is 34.5 Å². The Morgan fingerprint density at radius 2 is 1.19 bits per heavy atom. The van der Waals surface area contributed by atoms with Crippen LogP contribution in [-0.4, -0.2) is 43.4 Å². The lowest BCUT2D eigenvalue weighted by Crippen LogP contribution is -2.53. The first-order chi connectivity index (χ1) is 7.43. The Hall–Kier alpha value is -1.34. The van der Waals surface area contributed by atoms with Crippen LogP contribution >= 0.6 is 0 Å². The molecule has 2 aliphatic heterocycles. The van der Waals surface area contributed by atoms with Crippen LogP contribution in [0, 0.1) is 0 Å². The van der Waals surface area contributed by atoms with Crippen molar-refractivity contribution in [1.82, 2.24) is 0 Å². The number of aliphatic hydroxyl groups is 4. The van der Waals surface area contributed by atoms with Gasteiger partial charge in [-0.2, -0.15) is 0 Å². The van der Waals surface area contributed by atoms with E-state index in [2.05, 4.69) is 9.98 Å². The normalized spacial score (nSPS) is 26.2. The zero-order valence-electron chi connectivity index (χ0n) is 8.41. The van der Waals surface area contributed by atoms with E-state index < -0.39 is 11.6 Å². The smallest absolute Gasteiger partial charge is 0.212 e. The zero-order valence-corrected chi connectivity index (χ0v) is 8.41. The molecular formula is C10H12N2O4. The van der Waals surface area contributed by atoms with Gasteiger partial charge in [-0.05, 0) is 0 Å². The second kappa shape index (κ2) is 3.60. The number of rotatable bonds is 1. The average Bonchev–Trinajstić information content (AvgIpc) is 2.18. The van der Waals surface area contributed by atoms with Crippen LogP contribution in [0.1, 0.15) is 12.8 Å². The van der Waals surface area contributed by atoms with E-state index in [1.165, 1.54) is 24.6 Å². The highest BCUT2D eigenvalue weighted by atomic mass is 16.5. The summed E-state index contributed by atoms with van der Waals surface area (Å²) in [6.45, 7) is 0. The molecule has 2 aliphatic rings. The maximum absolute atomic E-state index is 9.67. The van der Waals surface area contributed by atoms with Gasteiger partial charge in [-0.1, -0.05) is 12.2 Å². The van der Waals surface area contributed by atoms with Crippen LogP contribution in [0.4, 0.5) is 0 Å². The largest absolute Gasteiger partial charge is 0.360 e. The minimum absolute atomic E-state index is 0.0648. The number of nitrogens with zero attached hydrogens (tertiary/aromatic N) is 2. The summed E-state index contributed by atoms with van der Waals surface area (Å²) in [4.78, 5) is 7.51. The molecule has 6 nitrogen and oxygen atoms in total. The Bertz CT molecular complexity index is 379. The zero-order chi connectivity index (χ0) is 11.8. The quantitative estimate of drug-likeness (QED) is 0.431. The fourth-order valence-corrected chi connectivity index (χ4v) is 1.59. The van der Waals surface area contributed by atoms with Gasteiger partial charge in [-0.15, -0.1) is 0 Å². The number of hydrogen-bond donors (Lipinski definition) is 4. The summed E-state index contributed by atoms with van der Waals surface area (Å²) in [5.41, 5.74) is -0.464. The Labute approximate surface area is 91.6 Å². The molecule has 0 radical (unpaired) electrons. The van der Waals surface area contributed by atoms with Crippen LogP contribution in [0.5, 0.6) is 0 Å². The van der Waals surface area contributed by atoms with E-state index in [0.717, 1.165) is 0 Å². The van der Waals surface area contributed by atoms with Gasteiger partial charge in [0.15, 0.2) is 0 Å². The van der Waals surface area contributed by atoms with Crippen LogP contribution in [-0.2, 0) is 0 Å². The minimum atomic E-state index is -2.21. The van der Waals surface area contributed by atoms with Crippen molar-refractivity contribution in [2.24, 2.45) is 9.98 Å². The van der Waals surface area contributed by atoms with E-state index in [1.54, 1.807) is 0 Å². The van der Waals surface area contributed by atoms with E-state index >= 15 is 0 Å². The SMILES string of the molecule is OC1(O)CC=CN=C1C1=NC=CCC1(O)O. The van der Waals surface area contributed by atoms with Crippen molar-refractivity contribution >= 4 is 11.4 Å². The van der Waals surface area contributed by atoms with Gasteiger partial charge in [0.2, 0.25) is 11.6 Å². The van der Waals surface area contributed by atoms with E-state index in [9.17, 15) is 20.4 Å². The predicted octanol–water partition coefficient (Wildman–Crippen LogP) is -0.935. The van der Waals surface area contributed by atoms with Crippen LogP contribution in [0.3, 0.4) is 0 Å². The molecule has 2 heterocycles. The first-order valence-corrected chi connectivity index (χ1v) is 4.80. The molecule has 0 spiro atoms. The van der Waals surface area contributed by atoms with Gasteiger partial charge in [0, 0.05) is 25.2 Å². The van der Waals surface area contributed by atoms with Crippen molar-refractivity contribution in [2.75, 3.05) is 0 Å². The van der Waals surface area contributed by atoms with E-state index in [4.69, 9.17) is 0 Å². The molecule has 4 N–H and O–H groups in total. The van der Waals surface area contributed by atoms with Gasteiger partial charge < -0.3 is 20.4 Å². The molecule has 16 heavy (non-hydrogen) atoms. The van der Waals surface area contributed by atoms with Crippen molar-refractivity contribution in [1.29, 1.82) is 0 Å². The maximum atomic E-state index is 9.67. The lowest BCUT2D eigenvalue weighted by Gasteiger charge is -2.31. The Morgan fingerprint density at radius 1 is 0.812 bits per heavy atom. The first-order valence-electron chi connectivity index (χ1n) is 4.80. The summed E-state index contributed by atoms with van der Waals surface area (Å²) in [5, 5.41) is 38.7. The molecule has 0 saturated heterocycles. The van der Waals surface area contributed by atoms with Crippen molar-refractivity contribution in [3.05, 3.63) is 24.6 Å². The molecule has 0 amide bonds. The van der Waals surface area contributed by atoms with E-state index in [-0.39, 0.29) is 24.3 Å². The molecule has 86 valence electrons. The molecule has 0 unspecified atom stereocenters. The van der Waals surface area contributed by atoms with Gasteiger partial charge >= 0.3 is 0 Å². The van der Waals surface area contributed by atoms with Gasteiger partial charge in [0.1, 0.15) is 11.4 Å². The monoisotopic (exact) mass is 224 g/mol. The first kappa shape index (κ1) is 11.2. The second-order valence-corrected chi connectivity index (χ2v) is 3.77. The van der Waals surface area contributed by atoms with E-state index in [1.807, 2.05) is 0 Å². The highest BCUT2D eigenvalue weighted by Crippen LogP contribution is 2.23. The summed E-state index contributed by atoms with van der Waals surface area (Å²) in [5.74, 6) is -4.43. The van der Waals surface area contributed by atoms with Crippen LogP contribution in [0.2, 0.25) is 0 Å². The summed E-state index contributed by atoms with van der Waals surface area (Å²) >= 11 is 0. The number of aliphatic imine (C=N–C) groups is 2. The van der Waals surface area contributed by atoms with Gasteiger partial charge in [-0.3, -0.25) is 9.98 Å². The molecule has 0 atom stereocenters. The van der Waals surface area contributed by atoms with Crippen molar-refractivity contribution in [2.45, 2.75) is 24.4 Å². The highest BCUT2D eigenvalue weighted by molar-refractivity contribution is 6.47. The lowest BCUT2D eigenvalue weighted by molar-refractivity contribution is -0.107. The maximum Gasteiger partial charge on any atom is 0.212 e. The Kier molecular flexibility index (Phi) is 2.51. The Balaban J connectivity index is 2.44. The fraction of sp³-hybridized carbons (Fsp3) is 0.400. The summed E-state index contributed by atoms with van der Waals surface area (Å²) in [6.07, 6.45) is 5.56. The van der Waals surface area contributed by atoms with Crippen molar-refractivity contribution in [3.63, 3.8) is 0 Å². The van der Waals surface area contributed by atoms with Crippen LogP contribution < -0.4 is 0 Å². The third-order valence-corrected chi connectivity index (χ3v) is 2.41. The van der Waals surface area contributed by atoms with Crippen molar-refractivity contribution in [3.8, 4) is 0 Å².